The lowest BCUT2D eigenvalue weighted by Gasteiger charge is -2.21. The SMILES string of the molecule is COB1OC(C)(C)c2cc(Nc3cc(N[C@H](CO)c4ccccc4)c(-c4ncno4)cn3)ccc21. The van der Waals surface area contributed by atoms with E-state index in [1.165, 1.54) is 6.33 Å². The fourth-order valence-electron chi connectivity index (χ4n) is 4.29. The van der Waals surface area contributed by atoms with Crippen molar-refractivity contribution in [2.75, 3.05) is 24.4 Å². The van der Waals surface area contributed by atoms with Crippen LogP contribution in [0.2, 0.25) is 0 Å². The second-order valence-electron chi connectivity index (χ2n) is 8.77. The van der Waals surface area contributed by atoms with Crippen molar-refractivity contribution in [3.63, 3.8) is 0 Å². The molecule has 0 bridgehead atoms. The predicted molar refractivity (Wildman–Crippen MR) is 134 cm³/mol. The average Bonchev–Trinajstić information content (AvgIpc) is 3.49. The Labute approximate surface area is 203 Å². The van der Waals surface area contributed by atoms with Crippen molar-refractivity contribution in [1.29, 1.82) is 0 Å². The topological polar surface area (TPSA) is 115 Å². The number of benzene rings is 2. The minimum Gasteiger partial charge on any atom is -0.410 e. The first-order chi connectivity index (χ1) is 17.0. The zero-order valence-electron chi connectivity index (χ0n) is 19.7. The van der Waals surface area contributed by atoms with Gasteiger partial charge >= 0.3 is 7.12 Å². The van der Waals surface area contributed by atoms with E-state index in [-0.39, 0.29) is 19.8 Å². The summed E-state index contributed by atoms with van der Waals surface area (Å²) in [5.74, 6) is 0.943. The highest BCUT2D eigenvalue weighted by molar-refractivity contribution is 6.63. The summed E-state index contributed by atoms with van der Waals surface area (Å²) in [5, 5.41) is 20.6. The van der Waals surface area contributed by atoms with Crippen LogP contribution in [0.5, 0.6) is 0 Å². The maximum atomic E-state index is 10.1. The molecule has 0 fully saturated rings. The molecule has 0 unspecified atom stereocenters. The number of aliphatic hydroxyl groups excluding tert-OH is 1. The average molecular weight is 471 g/mol. The monoisotopic (exact) mass is 471 g/mol. The summed E-state index contributed by atoms with van der Waals surface area (Å²) in [6, 6.07) is 17.3. The number of hydrogen-bond donors (Lipinski definition) is 3. The highest BCUT2D eigenvalue weighted by Gasteiger charge is 2.42. The normalized spacial score (nSPS) is 15.0. The number of nitrogens with one attached hydrogen (secondary N) is 2. The Morgan fingerprint density at radius 1 is 1.11 bits per heavy atom. The quantitative estimate of drug-likeness (QED) is 0.332. The molecule has 3 heterocycles. The van der Waals surface area contributed by atoms with Gasteiger partial charge in [-0.05, 0) is 42.6 Å². The lowest BCUT2D eigenvalue weighted by Crippen LogP contribution is -2.31. The third-order valence-corrected chi connectivity index (χ3v) is 6.05. The van der Waals surface area contributed by atoms with E-state index in [1.807, 2.05) is 62.4 Å². The number of fused-ring (bicyclic) bond motifs is 1. The number of nitrogens with zero attached hydrogens (tertiary/aromatic N) is 3. The second kappa shape index (κ2) is 9.49. The van der Waals surface area contributed by atoms with E-state index in [0.717, 1.165) is 22.3 Å². The second-order valence-corrected chi connectivity index (χ2v) is 8.77. The van der Waals surface area contributed by atoms with Crippen LogP contribution in [0, 0.1) is 0 Å². The molecule has 9 nitrogen and oxygen atoms in total. The van der Waals surface area contributed by atoms with Crippen LogP contribution in [0.4, 0.5) is 17.2 Å². The Hall–Kier alpha value is -3.73. The lowest BCUT2D eigenvalue weighted by atomic mass is 9.77. The van der Waals surface area contributed by atoms with Crippen LogP contribution in [-0.2, 0) is 14.9 Å². The molecule has 0 saturated heterocycles. The molecule has 1 atom stereocenters. The highest BCUT2D eigenvalue weighted by atomic mass is 16.6. The van der Waals surface area contributed by atoms with Crippen molar-refractivity contribution in [3.8, 4) is 11.5 Å². The molecule has 0 spiro atoms. The van der Waals surface area contributed by atoms with Crippen LogP contribution in [-0.4, -0.2) is 41.1 Å². The van der Waals surface area contributed by atoms with Crippen molar-refractivity contribution in [3.05, 3.63) is 78.2 Å². The number of aliphatic hydroxyl groups is 1. The first-order valence-corrected chi connectivity index (χ1v) is 11.3. The third-order valence-electron chi connectivity index (χ3n) is 6.05. The Kier molecular flexibility index (Phi) is 6.25. The molecule has 3 N–H and O–H groups in total. The van der Waals surface area contributed by atoms with E-state index in [0.29, 0.717) is 23.0 Å². The zero-order valence-corrected chi connectivity index (χ0v) is 19.7. The van der Waals surface area contributed by atoms with Gasteiger partial charge < -0.3 is 29.6 Å². The maximum absolute atomic E-state index is 10.1. The summed E-state index contributed by atoms with van der Waals surface area (Å²) in [7, 11) is 1.26. The Morgan fingerprint density at radius 3 is 2.66 bits per heavy atom. The van der Waals surface area contributed by atoms with E-state index in [2.05, 4.69) is 31.8 Å². The van der Waals surface area contributed by atoms with Crippen LogP contribution in [0.1, 0.15) is 31.0 Å². The van der Waals surface area contributed by atoms with Gasteiger partial charge in [0.05, 0.1) is 29.5 Å². The molecule has 5 rings (SSSR count). The summed E-state index contributed by atoms with van der Waals surface area (Å²) in [6.45, 7) is 3.94. The minimum absolute atomic E-state index is 0.0983. The molecule has 2 aromatic carbocycles. The summed E-state index contributed by atoms with van der Waals surface area (Å²) < 4.78 is 16.8. The number of rotatable bonds is 8. The van der Waals surface area contributed by atoms with Crippen LogP contribution in [0.25, 0.3) is 11.5 Å². The van der Waals surface area contributed by atoms with Gasteiger partial charge in [-0.2, -0.15) is 4.98 Å². The number of pyridine rings is 1. The van der Waals surface area contributed by atoms with Crippen molar-refractivity contribution < 1.29 is 18.9 Å². The van der Waals surface area contributed by atoms with E-state index in [9.17, 15) is 5.11 Å². The lowest BCUT2D eigenvalue weighted by molar-refractivity contribution is 0.0930. The molecule has 1 aliphatic heterocycles. The predicted octanol–water partition coefficient (Wildman–Crippen LogP) is 3.63. The smallest absolute Gasteiger partial charge is 0.410 e. The number of hydrogen-bond acceptors (Lipinski definition) is 9. The first kappa shape index (κ1) is 23.0. The van der Waals surface area contributed by atoms with E-state index in [4.69, 9.17) is 13.8 Å². The molecule has 4 aromatic rings. The zero-order chi connectivity index (χ0) is 24.4. The van der Waals surface area contributed by atoms with Gasteiger partial charge in [0.2, 0.25) is 0 Å². The van der Waals surface area contributed by atoms with Gasteiger partial charge in [-0.15, -0.1) is 0 Å². The van der Waals surface area contributed by atoms with Gasteiger partial charge in [0, 0.05) is 25.1 Å². The Balaban J connectivity index is 1.47. The van der Waals surface area contributed by atoms with E-state index < -0.39 is 5.60 Å². The molecule has 0 radical (unpaired) electrons. The summed E-state index contributed by atoms with van der Waals surface area (Å²) in [6.07, 6.45) is 3.01. The molecule has 35 heavy (non-hydrogen) atoms. The standard InChI is InChI=1S/C25H26BN5O4/c1-25(2)19-11-17(9-10-20(19)26(33-3)35-25)30-23-12-21(18(13-27-23)24-28-15-29-34-24)31-22(14-32)16-7-5-4-6-8-16/h4-13,15,22,32H,14H2,1-3H3,(H2,27,30,31)/t22-/m1/s1. The van der Waals surface area contributed by atoms with Crippen molar-refractivity contribution >= 4 is 29.8 Å². The molecule has 2 aromatic heterocycles. The molecular formula is C25H26BN5O4. The minimum atomic E-state index is -0.473. The van der Waals surface area contributed by atoms with Crippen LogP contribution in [0.3, 0.4) is 0 Å². The Morgan fingerprint density at radius 2 is 1.94 bits per heavy atom. The fourth-order valence-corrected chi connectivity index (χ4v) is 4.29. The molecule has 0 saturated carbocycles. The van der Waals surface area contributed by atoms with Crippen LogP contribution >= 0.6 is 0 Å². The van der Waals surface area contributed by atoms with E-state index >= 15 is 0 Å². The van der Waals surface area contributed by atoms with Gasteiger partial charge in [-0.25, -0.2) is 4.98 Å². The summed E-state index contributed by atoms with van der Waals surface area (Å²) in [5.41, 5.74) is 4.74. The van der Waals surface area contributed by atoms with Gasteiger partial charge in [-0.3, -0.25) is 0 Å². The molecule has 178 valence electrons. The van der Waals surface area contributed by atoms with Crippen molar-refractivity contribution in [2.45, 2.75) is 25.5 Å². The first-order valence-electron chi connectivity index (χ1n) is 11.3. The summed E-state index contributed by atoms with van der Waals surface area (Å²) >= 11 is 0. The van der Waals surface area contributed by atoms with Gasteiger partial charge in [-0.1, -0.05) is 41.6 Å². The van der Waals surface area contributed by atoms with Crippen LogP contribution in [0.15, 0.2) is 71.6 Å². The number of aromatic nitrogens is 3. The number of anilines is 3. The Bertz CT molecular complexity index is 1300. The van der Waals surface area contributed by atoms with Crippen molar-refractivity contribution in [2.24, 2.45) is 0 Å². The highest BCUT2D eigenvalue weighted by Crippen LogP contribution is 2.34. The molecular weight excluding hydrogens is 445 g/mol. The largest absolute Gasteiger partial charge is 0.494 e. The molecule has 0 amide bonds. The molecule has 1 aliphatic rings. The molecule has 10 heteroatoms. The summed E-state index contributed by atoms with van der Waals surface area (Å²) in [4.78, 5) is 8.73. The maximum Gasteiger partial charge on any atom is 0.494 e. The third kappa shape index (κ3) is 4.63. The van der Waals surface area contributed by atoms with E-state index in [1.54, 1.807) is 13.3 Å². The van der Waals surface area contributed by atoms with Crippen molar-refractivity contribution in [1.82, 2.24) is 15.1 Å². The van der Waals surface area contributed by atoms with Crippen LogP contribution < -0.4 is 16.1 Å². The van der Waals surface area contributed by atoms with Gasteiger partial charge in [0.25, 0.3) is 5.89 Å². The van der Waals surface area contributed by atoms with Gasteiger partial charge in [0.15, 0.2) is 6.33 Å². The fraction of sp³-hybridized carbons (Fsp3) is 0.240. The van der Waals surface area contributed by atoms with Gasteiger partial charge in [0.1, 0.15) is 5.82 Å². The molecule has 0 aliphatic carbocycles.